The lowest BCUT2D eigenvalue weighted by atomic mass is 10.2. The number of benzene rings is 2. The molecule has 3 aromatic rings. The average Bonchev–Trinajstić information content (AvgIpc) is 2.64. The van der Waals surface area contributed by atoms with E-state index in [1.165, 1.54) is 25.1 Å². The van der Waals surface area contributed by atoms with Gasteiger partial charge < -0.3 is 18.6 Å². The van der Waals surface area contributed by atoms with Crippen LogP contribution in [0.5, 0.6) is 17.2 Å². The zero-order valence-corrected chi connectivity index (χ0v) is 15.6. The fourth-order valence-corrected chi connectivity index (χ4v) is 2.53. The van der Waals surface area contributed by atoms with Gasteiger partial charge in [-0.05, 0) is 38.1 Å². The van der Waals surface area contributed by atoms with Crippen LogP contribution in [0.1, 0.15) is 31.1 Å². The molecule has 0 atom stereocenters. The third-order valence-electron chi connectivity index (χ3n) is 3.61. The third-order valence-corrected chi connectivity index (χ3v) is 3.61. The Kier molecular flexibility index (Phi) is 5.44. The maximum absolute atomic E-state index is 12.5. The molecule has 0 N–H and O–H groups in total. The van der Waals surface area contributed by atoms with Crippen LogP contribution in [0.2, 0.25) is 0 Å². The molecule has 0 aliphatic rings. The lowest BCUT2D eigenvalue weighted by Crippen LogP contribution is -2.17. The number of carbonyl (C=O) groups excluding carboxylic acids is 2. The lowest BCUT2D eigenvalue weighted by Gasteiger charge is -2.15. The quantitative estimate of drug-likeness (QED) is 0.377. The minimum atomic E-state index is -0.808. The van der Waals surface area contributed by atoms with E-state index in [0.717, 1.165) is 0 Å². The molecule has 7 heteroatoms. The number of hydrogen-bond donors (Lipinski definition) is 0. The molecule has 0 aliphatic heterocycles. The Hall–Kier alpha value is -3.61. The topological polar surface area (TPSA) is 92.0 Å². The van der Waals surface area contributed by atoms with Crippen molar-refractivity contribution in [3.63, 3.8) is 0 Å². The van der Waals surface area contributed by atoms with Gasteiger partial charge in [0.2, 0.25) is 5.75 Å². The van der Waals surface area contributed by atoms with Gasteiger partial charge in [0.05, 0.1) is 17.1 Å². The molecule has 0 amide bonds. The second-order valence-corrected chi connectivity index (χ2v) is 6.22. The molecule has 0 spiro atoms. The van der Waals surface area contributed by atoms with E-state index in [1.807, 2.05) is 0 Å². The van der Waals surface area contributed by atoms with E-state index in [-0.39, 0.29) is 28.9 Å². The Bertz CT molecular complexity index is 1080. The van der Waals surface area contributed by atoms with Gasteiger partial charge in [-0.3, -0.25) is 4.79 Å². The van der Waals surface area contributed by atoms with Gasteiger partial charge in [0.25, 0.3) is 0 Å². The summed E-state index contributed by atoms with van der Waals surface area (Å²) in [4.78, 5) is 36.1. The standard InChI is InChI=1S/C21H18O7/c1-12(2)25-19-18(28-20(23)14-7-5-4-6-8-14)16-10-9-15(26-13(3)22)11-17(16)27-21(19)24/h4-12H,1-3H3. The molecule has 0 fully saturated rings. The first-order chi connectivity index (χ1) is 13.3. The molecule has 0 unspecified atom stereocenters. The molecular formula is C21H18O7. The van der Waals surface area contributed by atoms with E-state index in [0.29, 0.717) is 10.9 Å². The van der Waals surface area contributed by atoms with E-state index in [4.69, 9.17) is 18.6 Å². The van der Waals surface area contributed by atoms with Crippen molar-refractivity contribution in [1.29, 1.82) is 0 Å². The van der Waals surface area contributed by atoms with Crippen LogP contribution in [0, 0.1) is 0 Å². The minimum absolute atomic E-state index is 0.0526. The summed E-state index contributed by atoms with van der Waals surface area (Å²) in [5.41, 5.74) is -0.399. The number of rotatable bonds is 5. The third kappa shape index (κ3) is 4.20. The Morgan fingerprint density at radius 2 is 1.68 bits per heavy atom. The van der Waals surface area contributed by atoms with Crippen LogP contribution in [-0.2, 0) is 4.79 Å². The highest BCUT2D eigenvalue weighted by Crippen LogP contribution is 2.35. The summed E-state index contributed by atoms with van der Waals surface area (Å²) < 4.78 is 21.4. The highest BCUT2D eigenvalue weighted by Gasteiger charge is 2.22. The van der Waals surface area contributed by atoms with E-state index in [1.54, 1.807) is 44.2 Å². The summed E-state index contributed by atoms with van der Waals surface area (Å²) in [6, 6.07) is 12.8. The monoisotopic (exact) mass is 382 g/mol. The van der Waals surface area contributed by atoms with Gasteiger partial charge in [-0.25, -0.2) is 9.59 Å². The molecule has 0 saturated heterocycles. The van der Waals surface area contributed by atoms with E-state index in [2.05, 4.69) is 0 Å². The van der Waals surface area contributed by atoms with Crippen LogP contribution in [0.4, 0.5) is 0 Å². The molecule has 3 rings (SSSR count). The van der Waals surface area contributed by atoms with E-state index < -0.39 is 17.6 Å². The fraction of sp³-hybridized carbons (Fsp3) is 0.190. The number of hydrogen-bond acceptors (Lipinski definition) is 7. The highest BCUT2D eigenvalue weighted by molar-refractivity contribution is 5.95. The van der Waals surface area contributed by atoms with Gasteiger partial charge in [-0.2, -0.15) is 0 Å². The van der Waals surface area contributed by atoms with Crippen LogP contribution >= 0.6 is 0 Å². The zero-order valence-electron chi connectivity index (χ0n) is 15.6. The van der Waals surface area contributed by atoms with Gasteiger partial charge in [0.1, 0.15) is 11.3 Å². The molecule has 144 valence electrons. The number of ether oxygens (including phenoxy) is 3. The Balaban J connectivity index is 2.13. The molecule has 28 heavy (non-hydrogen) atoms. The number of carbonyl (C=O) groups is 2. The Morgan fingerprint density at radius 3 is 2.32 bits per heavy atom. The number of esters is 2. The van der Waals surface area contributed by atoms with Crippen LogP contribution < -0.4 is 19.8 Å². The Morgan fingerprint density at radius 1 is 0.964 bits per heavy atom. The lowest BCUT2D eigenvalue weighted by molar-refractivity contribution is -0.131. The molecule has 0 radical (unpaired) electrons. The molecule has 2 aromatic carbocycles. The first-order valence-electron chi connectivity index (χ1n) is 8.58. The average molecular weight is 382 g/mol. The Labute approximate surface area is 160 Å². The molecular weight excluding hydrogens is 364 g/mol. The fourth-order valence-electron chi connectivity index (χ4n) is 2.53. The molecule has 7 nitrogen and oxygen atoms in total. The number of fused-ring (bicyclic) bond motifs is 1. The summed E-state index contributed by atoms with van der Waals surface area (Å²) in [5.74, 6) is -1.22. The predicted molar refractivity (Wildman–Crippen MR) is 101 cm³/mol. The van der Waals surface area contributed by atoms with Crippen LogP contribution in [-0.4, -0.2) is 18.0 Å². The predicted octanol–water partition coefficient (Wildman–Crippen LogP) is 3.72. The molecule has 0 aliphatic carbocycles. The van der Waals surface area contributed by atoms with E-state index >= 15 is 0 Å². The molecule has 0 saturated carbocycles. The van der Waals surface area contributed by atoms with Crippen molar-refractivity contribution in [2.45, 2.75) is 26.9 Å². The summed E-state index contributed by atoms with van der Waals surface area (Å²) in [7, 11) is 0. The summed E-state index contributed by atoms with van der Waals surface area (Å²) in [5, 5.41) is 0.329. The van der Waals surface area contributed by atoms with Crippen LogP contribution in [0.15, 0.2) is 57.7 Å². The highest BCUT2D eigenvalue weighted by atomic mass is 16.6. The van der Waals surface area contributed by atoms with Crippen molar-refractivity contribution in [2.75, 3.05) is 0 Å². The van der Waals surface area contributed by atoms with Crippen molar-refractivity contribution in [3.05, 3.63) is 64.5 Å². The van der Waals surface area contributed by atoms with Crippen molar-refractivity contribution in [1.82, 2.24) is 0 Å². The van der Waals surface area contributed by atoms with Crippen molar-refractivity contribution >= 4 is 22.9 Å². The maximum atomic E-state index is 12.5. The van der Waals surface area contributed by atoms with E-state index in [9.17, 15) is 14.4 Å². The maximum Gasteiger partial charge on any atom is 0.383 e. The largest absolute Gasteiger partial charge is 0.481 e. The van der Waals surface area contributed by atoms with Crippen LogP contribution in [0.25, 0.3) is 11.0 Å². The zero-order chi connectivity index (χ0) is 20.3. The van der Waals surface area contributed by atoms with Crippen molar-refractivity contribution < 1.29 is 28.2 Å². The smallest absolute Gasteiger partial charge is 0.383 e. The van der Waals surface area contributed by atoms with Crippen LogP contribution in [0.3, 0.4) is 0 Å². The van der Waals surface area contributed by atoms with Gasteiger partial charge in [0.15, 0.2) is 5.75 Å². The SMILES string of the molecule is CC(=O)Oc1ccc2c(OC(=O)c3ccccc3)c(OC(C)C)c(=O)oc2c1. The first-order valence-corrected chi connectivity index (χ1v) is 8.58. The molecule has 0 bridgehead atoms. The summed E-state index contributed by atoms with van der Waals surface area (Å²) >= 11 is 0. The minimum Gasteiger partial charge on any atom is -0.481 e. The normalized spacial score (nSPS) is 10.7. The van der Waals surface area contributed by atoms with Gasteiger partial charge >= 0.3 is 17.6 Å². The van der Waals surface area contributed by atoms with Crippen molar-refractivity contribution in [2.24, 2.45) is 0 Å². The van der Waals surface area contributed by atoms with Crippen molar-refractivity contribution in [3.8, 4) is 17.2 Å². The second kappa shape index (κ2) is 7.96. The van der Waals surface area contributed by atoms with Gasteiger partial charge in [-0.1, -0.05) is 18.2 Å². The first kappa shape index (κ1) is 19.2. The van der Waals surface area contributed by atoms with Gasteiger partial charge in [-0.15, -0.1) is 0 Å². The van der Waals surface area contributed by atoms with Gasteiger partial charge in [0, 0.05) is 13.0 Å². The summed E-state index contributed by atoms with van der Waals surface area (Å²) in [6.07, 6.45) is -0.352. The molecule has 1 heterocycles. The summed E-state index contributed by atoms with van der Waals surface area (Å²) in [6.45, 7) is 4.72. The molecule has 1 aromatic heterocycles. The second-order valence-electron chi connectivity index (χ2n) is 6.22.